The molecule has 1 unspecified atom stereocenters. The normalized spacial score (nSPS) is 20.0. The van der Waals surface area contributed by atoms with Crippen LogP contribution in [0.15, 0.2) is 54.7 Å². The third-order valence-corrected chi connectivity index (χ3v) is 5.90. The maximum Gasteiger partial charge on any atom is 0.251 e. The summed E-state index contributed by atoms with van der Waals surface area (Å²) in [5.41, 5.74) is 9.06. The third kappa shape index (κ3) is 3.31. The summed E-state index contributed by atoms with van der Waals surface area (Å²) in [5.74, 6) is 1.10. The number of anilines is 1. The minimum atomic E-state index is -0.700. The van der Waals surface area contributed by atoms with E-state index in [2.05, 4.69) is 20.8 Å². The molecule has 7 nitrogen and oxygen atoms in total. The predicted molar refractivity (Wildman–Crippen MR) is 113 cm³/mol. The van der Waals surface area contributed by atoms with Crippen molar-refractivity contribution in [2.45, 2.75) is 31.1 Å². The Hall–Kier alpha value is -3.32. The Morgan fingerprint density at radius 1 is 1.03 bits per heavy atom. The van der Waals surface area contributed by atoms with Crippen LogP contribution in [0.1, 0.15) is 29.7 Å². The Labute approximate surface area is 174 Å². The highest BCUT2D eigenvalue weighted by Crippen LogP contribution is 2.34. The van der Waals surface area contributed by atoms with E-state index >= 15 is 0 Å². The summed E-state index contributed by atoms with van der Waals surface area (Å²) in [5, 5.41) is 0. The van der Waals surface area contributed by atoms with Gasteiger partial charge in [-0.1, -0.05) is 36.4 Å². The molecule has 1 aliphatic carbocycles. The van der Waals surface area contributed by atoms with Crippen molar-refractivity contribution in [1.82, 2.24) is 20.4 Å². The number of hydrazine groups is 1. The van der Waals surface area contributed by atoms with Gasteiger partial charge in [-0.25, -0.2) is 9.97 Å². The number of carbonyl (C=O) groups excluding carboxylic acids is 1. The van der Waals surface area contributed by atoms with Crippen LogP contribution in [0, 0.1) is 0 Å². The Bertz CT molecular complexity index is 1050. The molecule has 0 radical (unpaired) electrons. The first-order valence-electron chi connectivity index (χ1n) is 10.3. The van der Waals surface area contributed by atoms with E-state index in [9.17, 15) is 4.79 Å². The zero-order chi connectivity index (χ0) is 20.4. The molecule has 1 atom stereocenters. The monoisotopic (exact) mass is 401 g/mol. The smallest absolute Gasteiger partial charge is 0.251 e. The Balaban J connectivity index is 1.42. The van der Waals surface area contributed by atoms with Crippen molar-refractivity contribution in [1.29, 1.82) is 0 Å². The van der Waals surface area contributed by atoms with Crippen molar-refractivity contribution in [2.24, 2.45) is 0 Å². The molecule has 1 saturated heterocycles. The highest BCUT2D eigenvalue weighted by atomic mass is 16.5. The molecule has 152 valence electrons. The topological polar surface area (TPSA) is 89.0 Å². The Morgan fingerprint density at radius 3 is 2.67 bits per heavy atom. The van der Waals surface area contributed by atoms with Crippen LogP contribution < -0.4 is 10.9 Å². The first-order valence-corrected chi connectivity index (χ1v) is 10.3. The van der Waals surface area contributed by atoms with Crippen LogP contribution in [-0.4, -0.2) is 34.1 Å². The Morgan fingerprint density at radius 2 is 1.90 bits per heavy atom. The van der Waals surface area contributed by atoms with Gasteiger partial charge in [-0.2, -0.15) is 0 Å². The minimum Gasteiger partial charge on any atom is -0.380 e. The van der Waals surface area contributed by atoms with Crippen LogP contribution >= 0.6 is 0 Å². The first-order chi connectivity index (χ1) is 14.8. The van der Waals surface area contributed by atoms with Crippen LogP contribution in [0.4, 0.5) is 5.82 Å². The van der Waals surface area contributed by atoms with E-state index < -0.39 is 5.41 Å². The number of pyridine rings is 1. The van der Waals surface area contributed by atoms with Gasteiger partial charge < -0.3 is 4.74 Å². The lowest BCUT2D eigenvalue weighted by atomic mass is 9.79. The van der Waals surface area contributed by atoms with Crippen LogP contribution in [0.25, 0.3) is 11.5 Å². The second-order valence-electron chi connectivity index (χ2n) is 7.72. The molecule has 3 heterocycles. The van der Waals surface area contributed by atoms with E-state index in [1.807, 2.05) is 48.5 Å². The lowest BCUT2D eigenvalue weighted by Crippen LogP contribution is -2.47. The summed E-state index contributed by atoms with van der Waals surface area (Å²) >= 11 is 0. The third-order valence-electron chi connectivity index (χ3n) is 5.90. The molecule has 2 N–H and O–H groups in total. The number of hydrogen-bond acceptors (Lipinski definition) is 6. The number of nitrogens with one attached hydrogen (secondary N) is 2. The zero-order valence-corrected chi connectivity index (χ0v) is 16.6. The second kappa shape index (κ2) is 7.84. The van der Waals surface area contributed by atoms with E-state index in [1.165, 1.54) is 0 Å². The number of nitrogens with zero attached hydrogens (tertiary/aromatic N) is 3. The minimum absolute atomic E-state index is 0.115. The lowest BCUT2D eigenvalue weighted by Gasteiger charge is -2.27. The number of aromatic nitrogens is 3. The molecule has 1 aromatic carbocycles. The molecular formula is C23H23N5O2. The van der Waals surface area contributed by atoms with Gasteiger partial charge in [-0.15, -0.1) is 0 Å². The summed E-state index contributed by atoms with van der Waals surface area (Å²) in [4.78, 5) is 27.0. The molecule has 5 rings (SSSR count). The van der Waals surface area contributed by atoms with Gasteiger partial charge in [0.1, 0.15) is 11.1 Å². The summed E-state index contributed by atoms with van der Waals surface area (Å²) in [6.45, 7) is 0.931. The van der Waals surface area contributed by atoms with Gasteiger partial charge in [-0.3, -0.25) is 20.6 Å². The summed E-state index contributed by atoms with van der Waals surface area (Å²) in [6.07, 6.45) is 5.20. The fourth-order valence-electron chi connectivity index (χ4n) is 4.24. The highest BCUT2D eigenvalue weighted by molar-refractivity contribution is 5.89. The van der Waals surface area contributed by atoms with Crippen molar-refractivity contribution >= 4 is 11.7 Å². The van der Waals surface area contributed by atoms with Crippen LogP contribution in [0.2, 0.25) is 0 Å². The molecule has 2 aliphatic rings. The summed E-state index contributed by atoms with van der Waals surface area (Å²) in [7, 11) is 0. The van der Waals surface area contributed by atoms with E-state index in [1.54, 1.807) is 6.20 Å². The Kier molecular flexibility index (Phi) is 4.88. The molecule has 2 aromatic heterocycles. The molecule has 1 aliphatic heterocycles. The molecular weight excluding hydrogens is 378 g/mol. The van der Waals surface area contributed by atoms with Crippen LogP contribution in [0.5, 0.6) is 0 Å². The molecule has 1 fully saturated rings. The molecule has 0 spiro atoms. The van der Waals surface area contributed by atoms with Gasteiger partial charge in [0.25, 0.3) is 5.91 Å². The van der Waals surface area contributed by atoms with Gasteiger partial charge in [0.2, 0.25) is 0 Å². The standard InChI is InChI=1S/C23H23N5O2/c29-22(23(12-14-30-15-23)16-7-2-1-3-8-16)28-27-20-17-9-6-11-18(17)25-21(26-20)19-10-4-5-13-24-19/h1-5,7-8,10,13H,6,9,11-12,14-15H2,(H,28,29)(H,25,26,27). The van der Waals surface area contributed by atoms with Gasteiger partial charge in [0.15, 0.2) is 11.6 Å². The number of hydrogen-bond donors (Lipinski definition) is 2. The number of amides is 1. The average molecular weight is 401 g/mol. The van der Waals surface area contributed by atoms with Crippen molar-refractivity contribution < 1.29 is 9.53 Å². The molecule has 30 heavy (non-hydrogen) atoms. The maximum absolute atomic E-state index is 13.3. The van der Waals surface area contributed by atoms with Crippen molar-refractivity contribution in [2.75, 3.05) is 18.6 Å². The van der Waals surface area contributed by atoms with Crippen LogP contribution in [-0.2, 0) is 27.8 Å². The molecule has 0 bridgehead atoms. The summed E-state index contributed by atoms with van der Waals surface area (Å²) < 4.78 is 5.62. The lowest BCUT2D eigenvalue weighted by molar-refractivity contribution is -0.126. The average Bonchev–Trinajstić information content (AvgIpc) is 3.49. The number of ether oxygens (including phenoxy) is 1. The van der Waals surface area contributed by atoms with Crippen molar-refractivity contribution in [3.63, 3.8) is 0 Å². The number of rotatable bonds is 5. The van der Waals surface area contributed by atoms with Crippen molar-refractivity contribution in [3.8, 4) is 11.5 Å². The number of fused-ring (bicyclic) bond motifs is 1. The van der Waals surface area contributed by atoms with Crippen LogP contribution in [0.3, 0.4) is 0 Å². The maximum atomic E-state index is 13.3. The van der Waals surface area contributed by atoms with Gasteiger partial charge >= 0.3 is 0 Å². The molecule has 3 aromatic rings. The number of carbonyl (C=O) groups is 1. The van der Waals surface area contributed by atoms with Crippen molar-refractivity contribution in [3.05, 3.63) is 71.5 Å². The fourth-order valence-corrected chi connectivity index (χ4v) is 4.24. The van der Waals surface area contributed by atoms with Gasteiger partial charge in [0, 0.05) is 24.1 Å². The molecule has 0 saturated carbocycles. The first kappa shape index (κ1) is 18.7. The van der Waals surface area contributed by atoms with E-state index in [-0.39, 0.29) is 5.91 Å². The second-order valence-corrected chi connectivity index (χ2v) is 7.72. The fraction of sp³-hybridized carbons (Fsp3) is 0.304. The predicted octanol–water partition coefficient (Wildman–Crippen LogP) is 2.83. The van der Waals surface area contributed by atoms with Gasteiger partial charge in [0.05, 0.1) is 6.61 Å². The highest BCUT2D eigenvalue weighted by Gasteiger charge is 2.44. The van der Waals surface area contributed by atoms with E-state index in [0.29, 0.717) is 37.0 Å². The quantitative estimate of drug-likeness (QED) is 0.639. The number of benzene rings is 1. The SMILES string of the molecule is O=C(NNc1nc(-c2ccccn2)nc2c1CCC2)C1(c2ccccc2)CCOC1. The van der Waals surface area contributed by atoms with Gasteiger partial charge in [-0.05, 0) is 43.4 Å². The molecule has 1 amide bonds. The largest absolute Gasteiger partial charge is 0.380 e. The van der Waals surface area contributed by atoms with E-state index in [4.69, 9.17) is 9.72 Å². The zero-order valence-electron chi connectivity index (χ0n) is 16.6. The summed E-state index contributed by atoms with van der Waals surface area (Å²) in [6, 6.07) is 15.5. The number of aryl methyl sites for hydroxylation is 1. The molecule has 7 heteroatoms. The van der Waals surface area contributed by atoms with E-state index in [0.717, 1.165) is 36.1 Å².